The topological polar surface area (TPSA) is 78.4 Å². The molecule has 1 rings (SSSR count). The predicted octanol–water partition coefficient (Wildman–Crippen LogP) is 2.61. The predicted molar refractivity (Wildman–Crippen MR) is 78.5 cm³/mol. The van der Waals surface area contributed by atoms with Crippen LogP contribution < -0.4 is 10.6 Å². The van der Waals surface area contributed by atoms with Gasteiger partial charge < -0.3 is 15.7 Å². The zero-order valence-electron chi connectivity index (χ0n) is 13.0. The minimum Gasteiger partial charge on any atom is -0.481 e. The quantitative estimate of drug-likeness (QED) is 0.701. The van der Waals surface area contributed by atoms with Crippen molar-refractivity contribution in [3.63, 3.8) is 0 Å². The van der Waals surface area contributed by atoms with Crippen molar-refractivity contribution in [3.05, 3.63) is 0 Å². The third-order valence-electron chi connectivity index (χ3n) is 5.18. The second-order valence-corrected chi connectivity index (χ2v) is 6.14. The number of rotatable bonds is 6. The van der Waals surface area contributed by atoms with Crippen LogP contribution in [-0.4, -0.2) is 29.7 Å². The van der Waals surface area contributed by atoms with E-state index in [1.165, 1.54) is 0 Å². The first kappa shape index (κ1) is 16.8. The van der Waals surface area contributed by atoms with Crippen LogP contribution >= 0.6 is 0 Å². The lowest BCUT2D eigenvalue weighted by Crippen LogP contribution is -2.49. The molecule has 0 aromatic heterocycles. The van der Waals surface area contributed by atoms with E-state index in [0.29, 0.717) is 24.7 Å². The first-order chi connectivity index (χ1) is 9.36. The average molecular weight is 284 g/mol. The molecule has 0 aromatic carbocycles. The Bertz CT molecular complexity index is 353. The van der Waals surface area contributed by atoms with Gasteiger partial charge in [-0.15, -0.1) is 0 Å². The highest BCUT2D eigenvalue weighted by atomic mass is 16.4. The fourth-order valence-corrected chi connectivity index (χ4v) is 2.92. The minimum atomic E-state index is -0.855. The fraction of sp³-hybridized carbons (Fsp3) is 0.867. The maximum absolute atomic E-state index is 11.9. The van der Waals surface area contributed by atoms with Crippen molar-refractivity contribution in [2.75, 3.05) is 6.54 Å². The van der Waals surface area contributed by atoms with Crippen molar-refractivity contribution >= 4 is 12.0 Å². The number of hydrogen-bond acceptors (Lipinski definition) is 2. The molecule has 5 heteroatoms. The van der Waals surface area contributed by atoms with E-state index in [4.69, 9.17) is 0 Å². The van der Waals surface area contributed by atoms with Crippen LogP contribution in [0.1, 0.15) is 53.4 Å². The van der Waals surface area contributed by atoms with Gasteiger partial charge in [-0.2, -0.15) is 0 Å². The second kappa shape index (κ2) is 6.95. The highest BCUT2D eigenvalue weighted by molar-refractivity contribution is 5.78. The summed E-state index contributed by atoms with van der Waals surface area (Å²) in [4.78, 5) is 23.3. The van der Waals surface area contributed by atoms with Crippen molar-refractivity contribution in [3.8, 4) is 0 Å². The van der Waals surface area contributed by atoms with Gasteiger partial charge in [0.05, 0.1) is 5.41 Å². The summed E-state index contributed by atoms with van der Waals surface area (Å²) >= 11 is 0. The molecule has 0 heterocycles. The Morgan fingerprint density at radius 2 is 1.80 bits per heavy atom. The Balaban J connectivity index is 2.48. The number of urea groups is 1. The third-order valence-corrected chi connectivity index (χ3v) is 5.18. The first-order valence-electron chi connectivity index (χ1n) is 7.64. The van der Waals surface area contributed by atoms with Gasteiger partial charge in [-0.1, -0.05) is 27.7 Å². The van der Waals surface area contributed by atoms with Crippen molar-refractivity contribution < 1.29 is 14.7 Å². The van der Waals surface area contributed by atoms with Gasteiger partial charge in [0.15, 0.2) is 0 Å². The molecule has 1 fully saturated rings. The Morgan fingerprint density at radius 3 is 2.20 bits per heavy atom. The smallest absolute Gasteiger partial charge is 0.315 e. The van der Waals surface area contributed by atoms with Gasteiger partial charge in [0.2, 0.25) is 0 Å². The van der Waals surface area contributed by atoms with E-state index in [1.54, 1.807) is 0 Å². The first-order valence-corrected chi connectivity index (χ1v) is 7.64. The highest BCUT2D eigenvalue weighted by Crippen LogP contribution is 2.31. The summed E-state index contributed by atoms with van der Waals surface area (Å²) < 4.78 is 0. The van der Waals surface area contributed by atoms with E-state index < -0.39 is 11.4 Å². The SMILES string of the molecule is CCC(CC)(CNC(=O)NC1CCC(C)C1C)C(=O)O. The maximum atomic E-state index is 11.9. The van der Waals surface area contributed by atoms with Gasteiger partial charge in [0.25, 0.3) is 0 Å². The highest BCUT2D eigenvalue weighted by Gasteiger charge is 2.36. The van der Waals surface area contributed by atoms with E-state index in [2.05, 4.69) is 24.5 Å². The molecule has 2 amide bonds. The Morgan fingerprint density at radius 1 is 1.20 bits per heavy atom. The fourth-order valence-electron chi connectivity index (χ4n) is 2.92. The summed E-state index contributed by atoms with van der Waals surface area (Å²) in [6.07, 6.45) is 3.16. The summed E-state index contributed by atoms with van der Waals surface area (Å²) in [5, 5.41) is 15.0. The minimum absolute atomic E-state index is 0.178. The van der Waals surface area contributed by atoms with Gasteiger partial charge in [-0.25, -0.2) is 4.79 Å². The Labute approximate surface area is 121 Å². The van der Waals surface area contributed by atoms with E-state index in [0.717, 1.165) is 12.8 Å². The molecule has 0 saturated heterocycles. The number of carbonyl (C=O) groups is 2. The van der Waals surface area contributed by atoms with Crippen LogP contribution in [0.15, 0.2) is 0 Å². The van der Waals surface area contributed by atoms with E-state index in [-0.39, 0.29) is 18.6 Å². The van der Waals surface area contributed by atoms with Crippen LogP contribution in [0.5, 0.6) is 0 Å². The molecule has 1 aliphatic rings. The molecule has 0 aliphatic heterocycles. The number of nitrogens with one attached hydrogen (secondary N) is 2. The third kappa shape index (κ3) is 3.64. The summed E-state index contributed by atoms with van der Waals surface area (Å²) in [5.41, 5.74) is -0.855. The lowest BCUT2D eigenvalue weighted by Gasteiger charge is -2.27. The molecule has 1 saturated carbocycles. The summed E-state index contributed by atoms with van der Waals surface area (Å²) in [6, 6.07) is -0.0454. The van der Waals surface area contributed by atoms with Crippen LogP contribution in [-0.2, 0) is 4.79 Å². The van der Waals surface area contributed by atoms with Crippen LogP contribution in [0, 0.1) is 17.3 Å². The van der Waals surface area contributed by atoms with Crippen molar-refractivity contribution in [1.82, 2.24) is 10.6 Å². The van der Waals surface area contributed by atoms with Gasteiger partial charge in [0.1, 0.15) is 0 Å². The second-order valence-electron chi connectivity index (χ2n) is 6.14. The number of aliphatic carboxylic acids is 1. The molecule has 1 aliphatic carbocycles. The van der Waals surface area contributed by atoms with Gasteiger partial charge >= 0.3 is 12.0 Å². The molecular formula is C15H28N2O3. The van der Waals surface area contributed by atoms with Crippen molar-refractivity contribution in [2.24, 2.45) is 17.3 Å². The van der Waals surface area contributed by atoms with E-state index in [1.807, 2.05) is 13.8 Å². The molecular weight excluding hydrogens is 256 g/mol. The number of carbonyl (C=O) groups excluding carboxylic acids is 1. The molecule has 5 nitrogen and oxygen atoms in total. The lowest BCUT2D eigenvalue weighted by atomic mass is 9.82. The van der Waals surface area contributed by atoms with Crippen LogP contribution in [0.3, 0.4) is 0 Å². The zero-order valence-corrected chi connectivity index (χ0v) is 13.0. The monoisotopic (exact) mass is 284 g/mol. The molecule has 0 radical (unpaired) electrons. The summed E-state index contributed by atoms with van der Waals surface area (Å²) in [6.45, 7) is 8.23. The van der Waals surface area contributed by atoms with Gasteiger partial charge in [-0.3, -0.25) is 4.79 Å². The van der Waals surface area contributed by atoms with E-state index >= 15 is 0 Å². The Hall–Kier alpha value is -1.26. The lowest BCUT2D eigenvalue weighted by molar-refractivity contribution is -0.149. The average Bonchev–Trinajstić information content (AvgIpc) is 2.72. The van der Waals surface area contributed by atoms with E-state index in [9.17, 15) is 14.7 Å². The summed E-state index contributed by atoms with van der Waals surface area (Å²) in [7, 11) is 0. The maximum Gasteiger partial charge on any atom is 0.315 e. The molecule has 0 bridgehead atoms. The summed E-state index contributed by atoms with van der Waals surface area (Å²) in [5.74, 6) is 0.262. The molecule has 3 unspecified atom stereocenters. The Kier molecular flexibility index (Phi) is 5.84. The standard InChI is InChI=1S/C15H28N2O3/c1-5-15(6-2,13(18)19)9-16-14(20)17-12-8-7-10(3)11(12)4/h10-12H,5-9H2,1-4H3,(H,18,19)(H2,16,17,20). The van der Waals surface area contributed by atoms with Gasteiger partial charge in [0, 0.05) is 12.6 Å². The van der Waals surface area contributed by atoms with Gasteiger partial charge in [-0.05, 0) is 37.5 Å². The molecule has 116 valence electrons. The van der Waals surface area contributed by atoms with Crippen molar-refractivity contribution in [2.45, 2.75) is 59.4 Å². The van der Waals surface area contributed by atoms with Crippen LogP contribution in [0.25, 0.3) is 0 Å². The number of carboxylic acids is 1. The van der Waals surface area contributed by atoms with Crippen LogP contribution in [0.2, 0.25) is 0 Å². The molecule has 0 aromatic rings. The molecule has 3 atom stereocenters. The van der Waals surface area contributed by atoms with Crippen molar-refractivity contribution in [1.29, 1.82) is 0 Å². The number of amides is 2. The molecule has 0 spiro atoms. The largest absolute Gasteiger partial charge is 0.481 e. The molecule has 3 N–H and O–H groups in total. The number of hydrogen-bond donors (Lipinski definition) is 3. The zero-order chi connectivity index (χ0) is 15.3. The molecule has 20 heavy (non-hydrogen) atoms. The normalized spacial score (nSPS) is 26.3. The number of carboxylic acid groups (broad SMARTS) is 1. The van der Waals surface area contributed by atoms with Crippen LogP contribution in [0.4, 0.5) is 4.79 Å².